The van der Waals surface area contributed by atoms with Crippen LogP contribution in [0.4, 0.5) is 0 Å². The minimum absolute atomic E-state index is 0.0681. The Hall–Kier alpha value is -1.80. The molecule has 1 fully saturated rings. The Labute approximate surface area is 154 Å². The quantitative estimate of drug-likeness (QED) is 0.863. The molecule has 0 aromatic heterocycles. The number of rotatable bonds is 3. The van der Waals surface area contributed by atoms with Crippen molar-refractivity contribution in [2.75, 3.05) is 19.7 Å². The molecule has 26 heavy (non-hydrogen) atoms. The van der Waals surface area contributed by atoms with E-state index in [4.69, 9.17) is 9.47 Å². The Balaban J connectivity index is 1.74. The Bertz CT molecular complexity index is 779. The van der Waals surface area contributed by atoms with Crippen LogP contribution in [-0.2, 0) is 14.8 Å². The lowest BCUT2D eigenvalue weighted by atomic mass is 10.1. The number of hydrogen-bond acceptors (Lipinski definition) is 5. The summed E-state index contributed by atoms with van der Waals surface area (Å²) in [6, 6.07) is 4.44. The van der Waals surface area contributed by atoms with E-state index < -0.39 is 21.7 Å². The second-order valence-electron chi connectivity index (χ2n) is 7.77. The van der Waals surface area contributed by atoms with Gasteiger partial charge in [-0.3, -0.25) is 4.79 Å². The fraction of sp³-hybridized carbons (Fsp3) is 0.611. The van der Waals surface area contributed by atoms with E-state index in [0.29, 0.717) is 11.5 Å². The first-order valence-corrected chi connectivity index (χ1v) is 10.4. The lowest BCUT2D eigenvalue weighted by Gasteiger charge is -2.32. The van der Waals surface area contributed by atoms with E-state index in [9.17, 15) is 13.2 Å². The molecule has 2 aliphatic heterocycles. The maximum atomic E-state index is 12.6. The number of ether oxygens (including phenoxy) is 2. The zero-order valence-corrected chi connectivity index (χ0v) is 16.3. The van der Waals surface area contributed by atoms with E-state index >= 15 is 0 Å². The maximum absolute atomic E-state index is 12.6. The third-order valence-corrected chi connectivity index (χ3v) is 6.02. The minimum atomic E-state index is -3.66. The molecule has 1 unspecified atom stereocenters. The normalized spacial score (nSPS) is 20.7. The monoisotopic (exact) mass is 382 g/mol. The van der Waals surface area contributed by atoms with Crippen LogP contribution in [0.5, 0.6) is 11.5 Å². The third kappa shape index (κ3) is 4.29. The summed E-state index contributed by atoms with van der Waals surface area (Å²) in [4.78, 5) is 14.5. The summed E-state index contributed by atoms with van der Waals surface area (Å²) < 4.78 is 38.9. The molecule has 7 nitrogen and oxygen atoms in total. The van der Waals surface area contributed by atoms with Crippen molar-refractivity contribution in [2.45, 2.75) is 56.6 Å². The van der Waals surface area contributed by atoms with Crippen molar-refractivity contribution in [3.05, 3.63) is 18.2 Å². The molecule has 1 N–H and O–H groups in total. The molecule has 3 rings (SSSR count). The minimum Gasteiger partial charge on any atom is -0.485 e. The Kier molecular flexibility index (Phi) is 5.16. The smallest absolute Gasteiger partial charge is 0.267 e. The summed E-state index contributed by atoms with van der Waals surface area (Å²) >= 11 is 0. The van der Waals surface area contributed by atoms with Gasteiger partial charge in [-0.1, -0.05) is 0 Å². The van der Waals surface area contributed by atoms with E-state index in [-0.39, 0.29) is 17.4 Å². The Morgan fingerprint density at radius 1 is 1.15 bits per heavy atom. The van der Waals surface area contributed by atoms with Gasteiger partial charge in [0.25, 0.3) is 5.91 Å². The molecule has 144 valence electrons. The van der Waals surface area contributed by atoms with Gasteiger partial charge in [-0.15, -0.1) is 0 Å². The van der Waals surface area contributed by atoms with Gasteiger partial charge >= 0.3 is 0 Å². The van der Waals surface area contributed by atoms with Crippen LogP contribution >= 0.6 is 0 Å². The summed E-state index contributed by atoms with van der Waals surface area (Å²) in [7, 11) is -3.66. The number of likely N-dealkylation sites (tertiary alicyclic amines) is 1. The number of carbonyl (C=O) groups is 1. The fourth-order valence-electron chi connectivity index (χ4n) is 3.12. The van der Waals surface area contributed by atoms with Crippen LogP contribution < -0.4 is 14.2 Å². The molecule has 1 amide bonds. The lowest BCUT2D eigenvalue weighted by Crippen LogP contribution is -2.48. The van der Waals surface area contributed by atoms with E-state index in [1.165, 1.54) is 12.1 Å². The van der Waals surface area contributed by atoms with Gasteiger partial charge in [-0.25, -0.2) is 13.1 Å². The molecule has 2 heterocycles. The van der Waals surface area contributed by atoms with Crippen LogP contribution in [0.15, 0.2) is 23.1 Å². The predicted molar refractivity (Wildman–Crippen MR) is 96.9 cm³/mol. The van der Waals surface area contributed by atoms with Crippen LogP contribution in [0.1, 0.15) is 40.0 Å². The number of hydrogen-bond donors (Lipinski definition) is 1. The third-order valence-electron chi connectivity index (χ3n) is 4.27. The van der Waals surface area contributed by atoms with Gasteiger partial charge in [0.1, 0.15) is 6.61 Å². The number of sulfonamides is 1. The van der Waals surface area contributed by atoms with E-state index in [1.807, 2.05) is 4.90 Å². The average molecular weight is 382 g/mol. The topological polar surface area (TPSA) is 84.9 Å². The largest absolute Gasteiger partial charge is 0.485 e. The molecule has 0 aliphatic carbocycles. The second kappa shape index (κ2) is 7.08. The van der Waals surface area contributed by atoms with Crippen molar-refractivity contribution in [3.8, 4) is 11.5 Å². The molecule has 0 spiro atoms. The van der Waals surface area contributed by atoms with Gasteiger partial charge in [-0.2, -0.15) is 0 Å². The molecular weight excluding hydrogens is 356 g/mol. The number of carbonyl (C=O) groups excluding carboxylic acids is 1. The summed E-state index contributed by atoms with van der Waals surface area (Å²) in [5.74, 6) is 0.659. The molecule has 1 aromatic rings. The number of piperidine rings is 1. The van der Waals surface area contributed by atoms with Crippen molar-refractivity contribution < 1.29 is 22.7 Å². The molecule has 1 saturated heterocycles. The number of fused-ring (bicyclic) bond motifs is 1. The van der Waals surface area contributed by atoms with Gasteiger partial charge in [0.05, 0.1) is 4.90 Å². The Morgan fingerprint density at radius 2 is 1.85 bits per heavy atom. The van der Waals surface area contributed by atoms with Gasteiger partial charge in [0.2, 0.25) is 16.1 Å². The fourth-order valence-corrected chi connectivity index (χ4v) is 4.55. The van der Waals surface area contributed by atoms with E-state index in [0.717, 1.165) is 32.4 Å². The summed E-state index contributed by atoms with van der Waals surface area (Å²) in [5, 5.41) is 0. The number of amides is 1. The second-order valence-corrected chi connectivity index (χ2v) is 9.45. The number of nitrogens with zero attached hydrogens (tertiary/aromatic N) is 1. The molecule has 0 bridgehead atoms. The maximum Gasteiger partial charge on any atom is 0.267 e. The molecule has 0 saturated carbocycles. The van der Waals surface area contributed by atoms with Gasteiger partial charge in [0.15, 0.2) is 11.5 Å². The molecule has 0 radical (unpaired) electrons. The zero-order valence-electron chi connectivity index (χ0n) is 15.4. The highest BCUT2D eigenvalue weighted by Gasteiger charge is 2.32. The summed E-state index contributed by atoms with van der Waals surface area (Å²) in [6.45, 7) is 6.92. The standard InChI is InChI=1S/C18H26N2O5S/c1-18(2,3)19-26(22,23)13-7-8-14-15(11-13)24-12-16(25-14)17(21)20-9-5-4-6-10-20/h7-8,11,16,19H,4-6,9-10,12H2,1-3H3. The highest BCUT2D eigenvalue weighted by atomic mass is 32.2. The lowest BCUT2D eigenvalue weighted by molar-refractivity contribution is -0.142. The average Bonchev–Trinajstić information content (AvgIpc) is 2.59. The van der Waals surface area contributed by atoms with Gasteiger partial charge in [0, 0.05) is 24.7 Å². The van der Waals surface area contributed by atoms with E-state index in [1.54, 1.807) is 26.8 Å². The predicted octanol–water partition coefficient (Wildman–Crippen LogP) is 1.92. The highest BCUT2D eigenvalue weighted by molar-refractivity contribution is 7.89. The van der Waals surface area contributed by atoms with Crippen molar-refractivity contribution in [2.24, 2.45) is 0 Å². The van der Waals surface area contributed by atoms with Crippen LogP contribution in [0.2, 0.25) is 0 Å². The van der Waals surface area contributed by atoms with Crippen LogP contribution in [-0.4, -0.2) is 50.6 Å². The first kappa shape index (κ1) is 19.0. The first-order chi connectivity index (χ1) is 12.2. The molecule has 8 heteroatoms. The number of nitrogens with one attached hydrogen (secondary N) is 1. The van der Waals surface area contributed by atoms with E-state index in [2.05, 4.69) is 4.72 Å². The molecule has 1 aromatic carbocycles. The van der Waals surface area contributed by atoms with Crippen molar-refractivity contribution in [1.29, 1.82) is 0 Å². The van der Waals surface area contributed by atoms with Gasteiger partial charge < -0.3 is 14.4 Å². The van der Waals surface area contributed by atoms with Crippen molar-refractivity contribution >= 4 is 15.9 Å². The Morgan fingerprint density at radius 3 is 2.50 bits per heavy atom. The van der Waals surface area contributed by atoms with Crippen molar-refractivity contribution in [1.82, 2.24) is 9.62 Å². The highest BCUT2D eigenvalue weighted by Crippen LogP contribution is 2.34. The van der Waals surface area contributed by atoms with Crippen molar-refractivity contribution in [3.63, 3.8) is 0 Å². The van der Waals surface area contributed by atoms with Crippen LogP contribution in [0.3, 0.4) is 0 Å². The van der Waals surface area contributed by atoms with Gasteiger partial charge in [-0.05, 0) is 52.2 Å². The summed E-state index contributed by atoms with van der Waals surface area (Å²) in [6.07, 6.45) is 2.49. The van der Waals surface area contributed by atoms with Crippen LogP contribution in [0.25, 0.3) is 0 Å². The number of benzene rings is 1. The SMILES string of the molecule is CC(C)(C)NS(=O)(=O)c1ccc2c(c1)OCC(C(=O)N1CCCCC1)O2. The molecular formula is C18H26N2O5S. The first-order valence-electron chi connectivity index (χ1n) is 8.92. The van der Waals surface area contributed by atoms with Crippen LogP contribution in [0, 0.1) is 0 Å². The summed E-state index contributed by atoms with van der Waals surface area (Å²) in [5.41, 5.74) is -0.585. The molecule has 1 atom stereocenters. The molecule has 2 aliphatic rings. The zero-order chi connectivity index (χ0) is 18.9.